The lowest BCUT2D eigenvalue weighted by molar-refractivity contribution is 0.922. The second kappa shape index (κ2) is 4.55. The largest absolute Gasteiger partial charge is 0.317 e. The van der Waals surface area contributed by atoms with Crippen LogP contribution in [0.15, 0.2) is 35.1 Å². The van der Waals surface area contributed by atoms with E-state index in [4.69, 9.17) is 23.2 Å². The van der Waals surface area contributed by atoms with Crippen molar-refractivity contribution in [2.75, 3.05) is 0 Å². The van der Waals surface area contributed by atoms with Crippen LogP contribution in [-0.4, -0.2) is 4.57 Å². The van der Waals surface area contributed by atoms with E-state index < -0.39 is 0 Å². The van der Waals surface area contributed by atoms with Crippen molar-refractivity contribution in [3.8, 4) is 5.69 Å². The molecule has 0 bridgehead atoms. The zero-order chi connectivity index (χ0) is 12.6. The maximum atomic E-state index is 11.4. The highest BCUT2D eigenvalue weighted by molar-refractivity contribution is 6.35. The molecule has 0 aliphatic rings. The maximum Gasteiger partial charge on any atom is 0.182 e. The summed E-state index contributed by atoms with van der Waals surface area (Å²) in [6, 6.07) is 8.47. The second-order valence-corrected chi connectivity index (χ2v) is 4.75. The summed E-state index contributed by atoms with van der Waals surface area (Å²) in [5, 5.41) is 1.16. The minimum Gasteiger partial charge on any atom is -0.317 e. The fourth-order valence-corrected chi connectivity index (χ4v) is 2.40. The zero-order valence-corrected chi connectivity index (χ0v) is 11.0. The lowest BCUT2D eigenvalue weighted by atomic mass is 10.2. The van der Waals surface area contributed by atoms with Crippen molar-refractivity contribution in [1.82, 2.24) is 4.57 Å². The number of pyridine rings is 1. The Morgan fingerprint density at radius 3 is 2.12 bits per heavy atom. The molecule has 2 aromatic rings. The topological polar surface area (TPSA) is 22.0 Å². The molecule has 2 rings (SSSR count). The summed E-state index contributed by atoms with van der Waals surface area (Å²) >= 11 is 12.0. The number of hydrogen-bond donors (Lipinski definition) is 0. The normalized spacial score (nSPS) is 10.6. The zero-order valence-electron chi connectivity index (χ0n) is 9.50. The van der Waals surface area contributed by atoms with Crippen LogP contribution in [0.2, 0.25) is 10.0 Å². The third-order valence-electron chi connectivity index (χ3n) is 2.56. The first-order chi connectivity index (χ1) is 7.99. The van der Waals surface area contributed by atoms with Gasteiger partial charge in [-0.2, -0.15) is 0 Å². The molecule has 0 fully saturated rings. The maximum absolute atomic E-state index is 11.4. The molecule has 0 aliphatic heterocycles. The first-order valence-corrected chi connectivity index (χ1v) is 5.90. The van der Waals surface area contributed by atoms with E-state index in [-0.39, 0.29) is 5.43 Å². The minimum atomic E-state index is 0.00124. The van der Waals surface area contributed by atoms with Gasteiger partial charge in [-0.1, -0.05) is 23.2 Å². The predicted octanol–water partition coefficient (Wildman–Crippen LogP) is 3.76. The molecule has 0 saturated carbocycles. The Hall–Kier alpha value is -1.25. The molecule has 0 saturated heterocycles. The molecule has 1 aromatic heterocycles. The van der Waals surface area contributed by atoms with Crippen LogP contribution in [0.4, 0.5) is 0 Å². The van der Waals surface area contributed by atoms with Gasteiger partial charge in [-0.3, -0.25) is 4.79 Å². The molecule has 17 heavy (non-hydrogen) atoms. The molecular formula is C13H11Cl2NO. The van der Waals surface area contributed by atoms with E-state index in [1.807, 2.05) is 24.5 Å². The fraction of sp³-hybridized carbons (Fsp3) is 0.154. The third kappa shape index (κ3) is 2.38. The van der Waals surface area contributed by atoms with Gasteiger partial charge in [-0.25, -0.2) is 0 Å². The number of benzene rings is 1. The Labute approximate surface area is 109 Å². The monoisotopic (exact) mass is 267 g/mol. The van der Waals surface area contributed by atoms with Gasteiger partial charge in [0.1, 0.15) is 0 Å². The van der Waals surface area contributed by atoms with Crippen LogP contribution in [0.3, 0.4) is 0 Å². The molecule has 1 aromatic carbocycles. The molecule has 88 valence electrons. The van der Waals surface area contributed by atoms with Gasteiger partial charge in [0.25, 0.3) is 0 Å². The highest BCUT2D eigenvalue weighted by Crippen LogP contribution is 2.25. The van der Waals surface area contributed by atoms with E-state index >= 15 is 0 Å². The van der Waals surface area contributed by atoms with Gasteiger partial charge < -0.3 is 4.57 Å². The Balaban J connectivity index is 2.73. The minimum absolute atomic E-state index is 0.00124. The molecule has 2 nitrogen and oxygen atoms in total. The number of aromatic nitrogens is 1. The van der Waals surface area contributed by atoms with Gasteiger partial charge in [0, 0.05) is 28.5 Å². The molecular weight excluding hydrogens is 257 g/mol. The highest BCUT2D eigenvalue weighted by atomic mass is 35.5. The first kappa shape index (κ1) is 12.2. The quantitative estimate of drug-likeness (QED) is 0.771. The van der Waals surface area contributed by atoms with Gasteiger partial charge in [0.2, 0.25) is 0 Å². The van der Waals surface area contributed by atoms with E-state index in [0.717, 1.165) is 17.1 Å². The van der Waals surface area contributed by atoms with Crippen molar-refractivity contribution in [2.45, 2.75) is 13.8 Å². The average Bonchev–Trinajstić information content (AvgIpc) is 2.19. The van der Waals surface area contributed by atoms with Crippen LogP contribution < -0.4 is 5.43 Å². The van der Waals surface area contributed by atoms with Crippen LogP contribution in [0.25, 0.3) is 5.69 Å². The molecule has 0 radical (unpaired) electrons. The van der Waals surface area contributed by atoms with Crippen molar-refractivity contribution in [1.29, 1.82) is 0 Å². The number of nitrogens with zero attached hydrogens (tertiary/aromatic N) is 1. The molecule has 0 atom stereocenters. The van der Waals surface area contributed by atoms with Crippen LogP contribution in [-0.2, 0) is 0 Å². The van der Waals surface area contributed by atoms with Crippen molar-refractivity contribution >= 4 is 23.2 Å². The molecule has 0 amide bonds. The number of rotatable bonds is 1. The van der Waals surface area contributed by atoms with Crippen molar-refractivity contribution in [2.24, 2.45) is 0 Å². The van der Waals surface area contributed by atoms with Gasteiger partial charge in [0.15, 0.2) is 5.43 Å². The Bertz CT molecular complexity index is 606. The summed E-state index contributed by atoms with van der Waals surface area (Å²) in [6.45, 7) is 3.75. The summed E-state index contributed by atoms with van der Waals surface area (Å²) < 4.78 is 1.93. The second-order valence-electron chi connectivity index (χ2n) is 3.90. The van der Waals surface area contributed by atoms with Crippen molar-refractivity contribution in [3.63, 3.8) is 0 Å². The molecule has 1 heterocycles. The van der Waals surface area contributed by atoms with Crippen molar-refractivity contribution in [3.05, 3.63) is 62.0 Å². The Morgan fingerprint density at radius 1 is 1.00 bits per heavy atom. The van der Waals surface area contributed by atoms with Gasteiger partial charge in [-0.15, -0.1) is 0 Å². The molecule has 4 heteroatoms. The number of halogens is 2. The van der Waals surface area contributed by atoms with Crippen LogP contribution in [0, 0.1) is 13.8 Å². The Kier molecular flexibility index (Phi) is 3.27. The molecule has 0 spiro atoms. The summed E-state index contributed by atoms with van der Waals surface area (Å²) in [7, 11) is 0. The predicted molar refractivity (Wildman–Crippen MR) is 71.5 cm³/mol. The summed E-state index contributed by atoms with van der Waals surface area (Å²) in [5.74, 6) is 0. The Morgan fingerprint density at radius 2 is 1.59 bits per heavy atom. The molecule has 0 N–H and O–H groups in total. The van der Waals surface area contributed by atoms with E-state index in [0.29, 0.717) is 10.0 Å². The summed E-state index contributed by atoms with van der Waals surface area (Å²) in [5.41, 5.74) is 2.52. The molecule has 0 unspecified atom stereocenters. The first-order valence-electron chi connectivity index (χ1n) is 5.15. The standard InChI is InChI=1S/C13H11Cl2NO/c1-8-5-11(17)6-9(2)16(8)13-4-3-10(14)7-12(13)15/h3-7H,1-2H3. The summed E-state index contributed by atoms with van der Waals surface area (Å²) in [4.78, 5) is 11.4. The van der Waals surface area contributed by atoms with Gasteiger partial charge in [-0.05, 0) is 32.0 Å². The lowest BCUT2D eigenvalue weighted by Gasteiger charge is -2.15. The van der Waals surface area contributed by atoms with Crippen LogP contribution >= 0.6 is 23.2 Å². The van der Waals surface area contributed by atoms with E-state index in [9.17, 15) is 4.79 Å². The SMILES string of the molecule is Cc1cc(=O)cc(C)n1-c1ccc(Cl)cc1Cl. The number of hydrogen-bond acceptors (Lipinski definition) is 1. The average molecular weight is 268 g/mol. The molecule has 0 aliphatic carbocycles. The summed E-state index contributed by atoms with van der Waals surface area (Å²) in [6.07, 6.45) is 0. The fourth-order valence-electron chi connectivity index (χ4n) is 1.90. The third-order valence-corrected chi connectivity index (χ3v) is 3.10. The lowest BCUT2D eigenvalue weighted by Crippen LogP contribution is -2.11. The van der Waals surface area contributed by atoms with Crippen LogP contribution in [0.5, 0.6) is 0 Å². The smallest absolute Gasteiger partial charge is 0.182 e. The van der Waals surface area contributed by atoms with Gasteiger partial charge >= 0.3 is 0 Å². The number of aryl methyl sites for hydroxylation is 2. The highest BCUT2D eigenvalue weighted by Gasteiger charge is 2.08. The van der Waals surface area contributed by atoms with Crippen molar-refractivity contribution < 1.29 is 0 Å². The van der Waals surface area contributed by atoms with Crippen LogP contribution in [0.1, 0.15) is 11.4 Å². The van der Waals surface area contributed by atoms with E-state index in [1.165, 1.54) is 0 Å². The van der Waals surface area contributed by atoms with Gasteiger partial charge in [0.05, 0.1) is 10.7 Å². The van der Waals surface area contributed by atoms with E-state index in [2.05, 4.69) is 0 Å². The van der Waals surface area contributed by atoms with E-state index in [1.54, 1.807) is 24.3 Å².